The molecule has 1 N–H and O–H groups in total. The standard InChI is InChI=1S/C13H18N4O2/c1-16(11-3-6-15-7-4-11)12(18)13(19)17-9-2-5-14-8-10-17/h3-4,6-7,14H,2,5,8-10H2,1H3. The highest BCUT2D eigenvalue weighted by Crippen LogP contribution is 2.11. The Bertz CT molecular complexity index is 441. The summed E-state index contributed by atoms with van der Waals surface area (Å²) in [6.45, 7) is 2.83. The lowest BCUT2D eigenvalue weighted by molar-refractivity contribution is -0.144. The first-order chi connectivity index (χ1) is 9.20. The quantitative estimate of drug-likeness (QED) is 0.716. The van der Waals surface area contributed by atoms with E-state index < -0.39 is 11.8 Å². The van der Waals surface area contributed by atoms with E-state index in [1.165, 1.54) is 4.90 Å². The van der Waals surface area contributed by atoms with E-state index in [0.717, 1.165) is 19.5 Å². The molecule has 0 aromatic carbocycles. The van der Waals surface area contributed by atoms with Crippen LogP contribution in [0.25, 0.3) is 0 Å². The molecule has 1 aromatic rings. The van der Waals surface area contributed by atoms with Crippen molar-refractivity contribution in [2.24, 2.45) is 0 Å². The van der Waals surface area contributed by atoms with Crippen LogP contribution in [0.5, 0.6) is 0 Å². The lowest BCUT2D eigenvalue weighted by Crippen LogP contribution is -2.45. The minimum atomic E-state index is -0.506. The zero-order valence-corrected chi connectivity index (χ0v) is 11.0. The topological polar surface area (TPSA) is 65.5 Å². The third-order valence-electron chi connectivity index (χ3n) is 3.16. The molecule has 1 aliphatic rings. The fourth-order valence-corrected chi connectivity index (χ4v) is 2.01. The second-order valence-electron chi connectivity index (χ2n) is 4.47. The molecule has 0 unspecified atom stereocenters. The van der Waals surface area contributed by atoms with Crippen LogP contribution in [0.3, 0.4) is 0 Å². The van der Waals surface area contributed by atoms with Crippen molar-refractivity contribution in [2.45, 2.75) is 6.42 Å². The molecule has 0 spiro atoms. The van der Waals surface area contributed by atoms with Gasteiger partial charge in [0, 0.05) is 44.8 Å². The van der Waals surface area contributed by atoms with Crippen LogP contribution < -0.4 is 10.2 Å². The van der Waals surface area contributed by atoms with E-state index in [2.05, 4.69) is 10.3 Å². The summed E-state index contributed by atoms with van der Waals surface area (Å²) in [4.78, 5) is 31.2. The molecule has 0 atom stereocenters. The molecule has 6 nitrogen and oxygen atoms in total. The van der Waals surface area contributed by atoms with Crippen LogP contribution in [0.1, 0.15) is 6.42 Å². The van der Waals surface area contributed by atoms with E-state index in [1.54, 1.807) is 36.5 Å². The Labute approximate surface area is 112 Å². The largest absolute Gasteiger partial charge is 0.333 e. The molecule has 1 saturated heterocycles. The van der Waals surface area contributed by atoms with Gasteiger partial charge in [0.15, 0.2) is 0 Å². The number of likely N-dealkylation sites (N-methyl/N-ethyl adjacent to an activating group) is 1. The molecule has 6 heteroatoms. The molecular formula is C13H18N4O2. The van der Waals surface area contributed by atoms with Crippen LogP contribution in [-0.4, -0.2) is 54.9 Å². The fourth-order valence-electron chi connectivity index (χ4n) is 2.01. The molecule has 2 heterocycles. The van der Waals surface area contributed by atoms with Crippen molar-refractivity contribution in [3.8, 4) is 0 Å². The number of pyridine rings is 1. The minimum absolute atomic E-state index is 0.442. The van der Waals surface area contributed by atoms with Crippen molar-refractivity contribution in [1.29, 1.82) is 0 Å². The number of carbonyl (C=O) groups excluding carboxylic acids is 2. The second kappa shape index (κ2) is 6.29. The van der Waals surface area contributed by atoms with Crippen molar-refractivity contribution in [3.63, 3.8) is 0 Å². The average molecular weight is 262 g/mol. The van der Waals surface area contributed by atoms with E-state index >= 15 is 0 Å². The normalized spacial score (nSPS) is 15.7. The van der Waals surface area contributed by atoms with Gasteiger partial charge in [0.05, 0.1) is 0 Å². The van der Waals surface area contributed by atoms with E-state index in [-0.39, 0.29) is 0 Å². The maximum absolute atomic E-state index is 12.2. The van der Waals surface area contributed by atoms with Gasteiger partial charge in [-0.1, -0.05) is 0 Å². The van der Waals surface area contributed by atoms with Crippen molar-refractivity contribution in [3.05, 3.63) is 24.5 Å². The van der Waals surface area contributed by atoms with Crippen LogP contribution in [-0.2, 0) is 9.59 Å². The van der Waals surface area contributed by atoms with Crippen LogP contribution in [0, 0.1) is 0 Å². The van der Waals surface area contributed by atoms with Crippen LogP contribution in [0.4, 0.5) is 5.69 Å². The number of amides is 2. The molecule has 2 amide bonds. The number of hydrogen-bond donors (Lipinski definition) is 1. The van der Waals surface area contributed by atoms with Crippen LogP contribution in [0.15, 0.2) is 24.5 Å². The Morgan fingerprint density at radius 1 is 1.26 bits per heavy atom. The molecule has 0 bridgehead atoms. The van der Waals surface area contributed by atoms with Crippen molar-refractivity contribution >= 4 is 17.5 Å². The number of rotatable bonds is 1. The molecule has 1 aromatic heterocycles. The number of carbonyl (C=O) groups is 2. The summed E-state index contributed by atoms with van der Waals surface area (Å²) in [6.07, 6.45) is 4.07. The van der Waals surface area contributed by atoms with Gasteiger partial charge in [0.25, 0.3) is 0 Å². The summed E-state index contributed by atoms with van der Waals surface area (Å²) in [5.41, 5.74) is 0.668. The van der Waals surface area contributed by atoms with Gasteiger partial charge in [0.1, 0.15) is 0 Å². The summed E-state index contributed by atoms with van der Waals surface area (Å²) in [6, 6.07) is 3.41. The third-order valence-corrected chi connectivity index (χ3v) is 3.16. The van der Waals surface area contributed by atoms with E-state index in [4.69, 9.17) is 0 Å². The summed E-state index contributed by atoms with van der Waals surface area (Å²) in [7, 11) is 1.60. The van der Waals surface area contributed by atoms with Gasteiger partial charge < -0.3 is 15.1 Å². The highest BCUT2D eigenvalue weighted by molar-refractivity contribution is 6.40. The Kier molecular flexibility index (Phi) is 4.46. The molecule has 0 aliphatic carbocycles. The first-order valence-electron chi connectivity index (χ1n) is 6.38. The van der Waals surface area contributed by atoms with Gasteiger partial charge >= 0.3 is 11.8 Å². The van der Waals surface area contributed by atoms with Gasteiger partial charge in [-0.2, -0.15) is 0 Å². The molecule has 19 heavy (non-hydrogen) atoms. The average Bonchev–Trinajstić information content (AvgIpc) is 2.75. The third kappa shape index (κ3) is 3.29. The smallest absolute Gasteiger partial charge is 0.316 e. The van der Waals surface area contributed by atoms with E-state index in [0.29, 0.717) is 18.8 Å². The summed E-state index contributed by atoms with van der Waals surface area (Å²) < 4.78 is 0. The van der Waals surface area contributed by atoms with Crippen molar-refractivity contribution < 1.29 is 9.59 Å². The zero-order valence-electron chi connectivity index (χ0n) is 11.0. The SMILES string of the molecule is CN(C(=O)C(=O)N1CCCNCC1)c1ccncc1. The van der Waals surface area contributed by atoms with Gasteiger partial charge in [-0.05, 0) is 25.1 Å². The monoisotopic (exact) mass is 262 g/mol. The fraction of sp³-hybridized carbons (Fsp3) is 0.462. The molecule has 0 saturated carbocycles. The predicted molar refractivity (Wildman–Crippen MR) is 71.7 cm³/mol. The lowest BCUT2D eigenvalue weighted by Gasteiger charge is -2.23. The van der Waals surface area contributed by atoms with E-state index in [1.807, 2.05) is 0 Å². The molecular weight excluding hydrogens is 244 g/mol. The maximum atomic E-state index is 12.2. The molecule has 2 rings (SSSR count). The first-order valence-corrected chi connectivity index (χ1v) is 6.38. The summed E-state index contributed by atoms with van der Waals surface area (Å²) in [5, 5.41) is 3.20. The number of aromatic nitrogens is 1. The molecule has 1 fully saturated rings. The Morgan fingerprint density at radius 2 is 2.00 bits per heavy atom. The molecule has 1 aliphatic heterocycles. The van der Waals surface area contributed by atoms with Crippen LogP contribution >= 0.6 is 0 Å². The number of nitrogens with zero attached hydrogens (tertiary/aromatic N) is 3. The highest BCUT2D eigenvalue weighted by Gasteiger charge is 2.26. The first kappa shape index (κ1) is 13.5. The maximum Gasteiger partial charge on any atom is 0.316 e. The van der Waals surface area contributed by atoms with Crippen molar-refractivity contribution in [2.75, 3.05) is 38.1 Å². The Balaban J connectivity index is 2.04. The minimum Gasteiger partial charge on any atom is -0.333 e. The Morgan fingerprint density at radius 3 is 2.74 bits per heavy atom. The number of nitrogens with one attached hydrogen (secondary N) is 1. The summed E-state index contributed by atoms with van der Waals surface area (Å²) >= 11 is 0. The second-order valence-corrected chi connectivity index (χ2v) is 4.47. The molecule has 102 valence electrons. The van der Waals surface area contributed by atoms with E-state index in [9.17, 15) is 9.59 Å². The lowest BCUT2D eigenvalue weighted by atomic mass is 10.3. The highest BCUT2D eigenvalue weighted by atomic mass is 16.2. The number of anilines is 1. The zero-order chi connectivity index (χ0) is 13.7. The summed E-state index contributed by atoms with van der Waals surface area (Å²) in [5.74, 6) is -0.948. The van der Waals surface area contributed by atoms with Gasteiger partial charge in [0.2, 0.25) is 0 Å². The van der Waals surface area contributed by atoms with Gasteiger partial charge in [-0.15, -0.1) is 0 Å². The van der Waals surface area contributed by atoms with Gasteiger partial charge in [-0.25, -0.2) is 0 Å². The van der Waals surface area contributed by atoms with Crippen LogP contribution in [0.2, 0.25) is 0 Å². The molecule has 0 radical (unpaired) electrons. The Hall–Kier alpha value is -1.95. The van der Waals surface area contributed by atoms with Gasteiger partial charge in [-0.3, -0.25) is 14.6 Å². The van der Waals surface area contributed by atoms with Crippen molar-refractivity contribution in [1.82, 2.24) is 15.2 Å². The predicted octanol–water partition coefficient (Wildman–Crippen LogP) is -0.134. The number of hydrogen-bond acceptors (Lipinski definition) is 4.